The minimum Gasteiger partial charge on any atom is -0.381 e. The van der Waals surface area contributed by atoms with Crippen LogP contribution in [0.4, 0.5) is 5.69 Å². The van der Waals surface area contributed by atoms with Gasteiger partial charge in [-0.25, -0.2) is 0 Å². The summed E-state index contributed by atoms with van der Waals surface area (Å²) in [5, 5.41) is 3.63. The Hall–Kier alpha value is -0.580. The van der Waals surface area contributed by atoms with E-state index in [-0.39, 0.29) is 0 Å². The van der Waals surface area contributed by atoms with Crippen LogP contribution in [0, 0.1) is 6.92 Å². The number of hydrogen-bond donors (Lipinski definition) is 2. The Morgan fingerprint density at radius 2 is 2.11 bits per heavy atom. The van der Waals surface area contributed by atoms with Gasteiger partial charge in [-0.1, -0.05) is 6.07 Å². The number of anilines is 1. The average Bonchev–Trinajstić information content (AvgIpc) is 2.35. The highest BCUT2D eigenvalue weighted by Gasteiger charge is 2.18. The monoisotopic (exact) mass is 311 g/mol. The molecule has 2 rings (SSSR count). The first-order valence-electron chi connectivity index (χ1n) is 6.64. The summed E-state index contributed by atoms with van der Waals surface area (Å²) in [5.74, 6) is 0. The number of nitrogens with zero attached hydrogens (tertiary/aromatic N) is 1. The van der Waals surface area contributed by atoms with Gasteiger partial charge >= 0.3 is 0 Å². The van der Waals surface area contributed by atoms with E-state index in [4.69, 9.17) is 5.73 Å². The second-order valence-electron chi connectivity index (χ2n) is 5.03. The van der Waals surface area contributed by atoms with Gasteiger partial charge in [-0.2, -0.15) is 0 Å². The lowest BCUT2D eigenvalue weighted by Gasteiger charge is -2.32. The first kappa shape index (κ1) is 13.8. The van der Waals surface area contributed by atoms with Gasteiger partial charge in [0.05, 0.1) is 0 Å². The summed E-state index contributed by atoms with van der Waals surface area (Å²) in [5.41, 5.74) is 8.08. The van der Waals surface area contributed by atoms with E-state index >= 15 is 0 Å². The Balaban J connectivity index is 1.87. The van der Waals surface area contributed by atoms with Crippen LogP contribution in [-0.2, 0) is 0 Å². The van der Waals surface area contributed by atoms with Gasteiger partial charge < -0.3 is 16.0 Å². The lowest BCUT2D eigenvalue weighted by atomic mass is 10.0. The predicted octanol–water partition coefficient (Wildman–Crippen LogP) is 2.59. The maximum Gasteiger partial charge on any atom is 0.0486 e. The normalized spacial score (nSPS) is 17.9. The first-order chi connectivity index (χ1) is 8.69. The van der Waals surface area contributed by atoms with Crippen LogP contribution < -0.4 is 11.1 Å². The fourth-order valence-electron chi connectivity index (χ4n) is 2.44. The zero-order chi connectivity index (χ0) is 13.0. The molecule has 0 spiro atoms. The van der Waals surface area contributed by atoms with Crippen LogP contribution in [0.25, 0.3) is 0 Å². The van der Waals surface area contributed by atoms with E-state index in [9.17, 15) is 0 Å². The molecule has 1 heterocycles. The van der Waals surface area contributed by atoms with Crippen LogP contribution >= 0.6 is 15.9 Å². The summed E-state index contributed by atoms with van der Waals surface area (Å²) in [6.07, 6.45) is 2.39. The Labute approximate surface area is 118 Å². The van der Waals surface area contributed by atoms with Gasteiger partial charge in [0, 0.05) is 42.4 Å². The highest BCUT2D eigenvalue weighted by Crippen LogP contribution is 2.25. The summed E-state index contributed by atoms with van der Waals surface area (Å²) in [4.78, 5) is 2.45. The largest absolute Gasteiger partial charge is 0.381 e. The average molecular weight is 312 g/mol. The first-order valence-corrected chi connectivity index (χ1v) is 7.43. The molecule has 0 saturated carbocycles. The summed E-state index contributed by atoms with van der Waals surface area (Å²) >= 11 is 3.62. The summed E-state index contributed by atoms with van der Waals surface area (Å²) < 4.78 is 1.16. The number of nitrogens with one attached hydrogen (secondary N) is 1. The molecule has 1 aromatic carbocycles. The Kier molecular flexibility index (Phi) is 5.03. The van der Waals surface area contributed by atoms with Crippen LogP contribution in [0.3, 0.4) is 0 Å². The molecule has 4 heteroatoms. The fraction of sp³-hybridized carbons (Fsp3) is 0.571. The number of nitrogens with two attached hydrogens (primary N) is 1. The molecule has 1 aliphatic heterocycles. The second-order valence-corrected chi connectivity index (χ2v) is 5.89. The minimum absolute atomic E-state index is 0.582. The van der Waals surface area contributed by atoms with Crippen LogP contribution in [0.2, 0.25) is 0 Å². The van der Waals surface area contributed by atoms with Crippen molar-refractivity contribution in [1.82, 2.24) is 4.90 Å². The molecule has 0 atom stereocenters. The van der Waals surface area contributed by atoms with Crippen molar-refractivity contribution >= 4 is 21.6 Å². The number of aryl methyl sites for hydroxylation is 1. The van der Waals surface area contributed by atoms with Crippen LogP contribution in [-0.4, -0.2) is 37.1 Å². The molecule has 0 amide bonds. The maximum absolute atomic E-state index is 5.59. The molecule has 100 valence electrons. The fourth-order valence-corrected chi connectivity index (χ4v) is 3.05. The van der Waals surface area contributed by atoms with Crippen molar-refractivity contribution in [3.63, 3.8) is 0 Å². The molecule has 0 bridgehead atoms. The smallest absolute Gasteiger partial charge is 0.0486 e. The van der Waals surface area contributed by atoms with E-state index < -0.39 is 0 Å². The van der Waals surface area contributed by atoms with Crippen molar-refractivity contribution in [2.75, 3.05) is 31.5 Å². The number of benzene rings is 1. The molecular formula is C14H22BrN3. The van der Waals surface area contributed by atoms with Crippen LogP contribution in [0.5, 0.6) is 0 Å². The number of halogens is 1. The van der Waals surface area contributed by atoms with Crippen molar-refractivity contribution in [2.24, 2.45) is 5.73 Å². The highest BCUT2D eigenvalue weighted by atomic mass is 79.9. The third-order valence-corrected chi connectivity index (χ3v) is 4.17. The zero-order valence-electron chi connectivity index (χ0n) is 11.0. The quantitative estimate of drug-likeness (QED) is 0.898. The minimum atomic E-state index is 0.582. The second kappa shape index (κ2) is 6.55. The Bertz CT molecular complexity index is 387. The third-order valence-electron chi connectivity index (χ3n) is 3.52. The molecule has 1 fully saturated rings. The van der Waals surface area contributed by atoms with Gasteiger partial charge in [-0.05, 0) is 53.4 Å². The Morgan fingerprint density at radius 1 is 1.39 bits per heavy atom. The van der Waals surface area contributed by atoms with E-state index in [1.807, 2.05) is 0 Å². The molecule has 0 aliphatic carbocycles. The van der Waals surface area contributed by atoms with Gasteiger partial charge in [-0.15, -0.1) is 0 Å². The molecule has 0 unspecified atom stereocenters. The van der Waals surface area contributed by atoms with Gasteiger partial charge in [0.1, 0.15) is 0 Å². The highest BCUT2D eigenvalue weighted by molar-refractivity contribution is 9.10. The van der Waals surface area contributed by atoms with Gasteiger partial charge in [0.2, 0.25) is 0 Å². The number of hydrogen-bond acceptors (Lipinski definition) is 3. The molecule has 1 saturated heterocycles. The number of likely N-dealkylation sites (tertiary alicyclic amines) is 1. The summed E-state index contributed by atoms with van der Waals surface area (Å²) in [6.45, 7) is 6.21. The lowest BCUT2D eigenvalue weighted by Crippen LogP contribution is -2.41. The van der Waals surface area contributed by atoms with Crippen molar-refractivity contribution in [1.29, 1.82) is 0 Å². The van der Waals surface area contributed by atoms with Crippen molar-refractivity contribution < 1.29 is 0 Å². The predicted molar refractivity (Wildman–Crippen MR) is 81.0 cm³/mol. The van der Waals surface area contributed by atoms with Crippen molar-refractivity contribution in [3.05, 3.63) is 28.2 Å². The summed E-state index contributed by atoms with van der Waals surface area (Å²) in [6, 6.07) is 7.05. The number of piperidine rings is 1. The third kappa shape index (κ3) is 3.70. The molecule has 0 aromatic heterocycles. The topological polar surface area (TPSA) is 41.3 Å². The lowest BCUT2D eigenvalue weighted by molar-refractivity contribution is 0.224. The van der Waals surface area contributed by atoms with Crippen LogP contribution in [0.1, 0.15) is 18.4 Å². The maximum atomic E-state index is 5.59. The Morgan fingerprint density at radius 3 is 2.72 bits per heavy atom. The molecular weight excluding hydrogens is 290 g/mol. The molecule has 0 radical (unpaired) electrons. The van der Waals surface area contributed by atoms with Crippen LogP contribution in [0.15, 0.2) is 22.7 Å². The molecule has 18 heavy (non-hydrogen) atoms. The van der Waals surface area contributed by atoms with E-state index in [0.717, 1.165) is 30.7 Å². The van der Waals surface area contributed by atoms with Gasteiger partial charge in [-0.3, -0.25) is 0 Å². The van der Waals surface area contributed by atoms with Crippen molar-refractivity contribution in [3.8, 4) is 0 Å². The molecule has 3 N–H and O–H groups in total. The van der Waals surface area contributed by atoms with E-state index in [2.05, 4.69) is 51.3 Å². The molecule has 1 aromatic rings. The van der Waals surface area contributed by atoms with E-state index in [0.29, 0.717) is 6.04 Å². The van der Waals surface area contributed by atoms with Gasteiger partial charge in [0.15, 0.2) is 0 Å². The van der Waals surface area contributed by atoms with Crippen molar-refractivity contribution in [2.45, 2.75) is 25.8 Å². The SMILES string of the molecule is Cc1ccc(NC2CCN(CCN)CC2)c(Br)c1. The summed E-state index contributed by atoms with van der Waals surface area (Å²) in [7, 11) is 0. The number of rotatable bonds is 4. The molecule has 3 nitrogen and oxygen atoms in total. The van der Waals surface area contributed by atoms with E-state index in [1.54, 1.807) is 0 Å². The van der Waals surface area contributed by atoms with E-state index in [1.165, 1.54) is 24.1 Å². The standard InChI is InChI=1S/C14H22BrN3/c1-11-2-3-14(13(15)10-11)17-12-4-7-18(8-5-12)9-6-16/h2-3,10,12,17H,4-9,16H2,1H3. The molecule has 1 aliphatic rings. The van der Waals surface area contributed by atoms with Gasteiger partial charge in [0.25, 0.3) is 0 Å². The zero-order valence-corrected chi connectivity index (χ0v) is 12.5.